The minimum absolute atomic E-state index is 0.201. The Labute approximate surface area is 111 Å². The molecule has 2 aromatic rings. The van der Waals surface area contributed by atoms with Crippen LogP contribution in [-0.2, 0) is 6.42 Å². The number of nitrogen functional groups attached to an aromatic ring is 1. The van der Waals surface area contributed by atoms with Crippen LogP contribution in [0.4, 0.5) is 10.2 Å². The molecule has 94 valence electrons. The van der Waals surface area contributed by atoms with Gasteiger partial charge in [-0.3, -0.25) is 4.79 Å². The summed E-state index contributed by atoms with van der Waals surface area (Å²) in [5, 5.41) is 0. The SMILES string of the molecule is CCc1c(N)nc(-c2ccc(F)cc2Br)[nH]c1=O. The van der Waals surface area contributed by atoms with Crippen molar-refractivity contribution in [2.45, 2.75) is 13.3 Å². The van der Waals surface area contributed by atoms with Gasteiger partial charge in [0.05, 0.1) is 5.56 Å². The fourth-order valence-electron chi connectivity index (χ4n) is 1.67. The first-order chi connectivity index (χ1) is 8.52. The molecule has 1 heterocycles. The highest BCUT2D eigenvalue weighted by molar-refractivity contribution is 9.10. The largest absolute Gasteiger partial charge is 0.383 e. The summed E-state index contributed by atoms with van der Waals surface area (Å²) in [5.41, 5.74) is 6.50. The van der Waals surface area contributed by atoms with Gasteiger partial charge in [0, 0.05) is 10.0 Å². The van der Waals surface area contributed by atoms with Gasteiger partial charge >= 0.3 is 0 Å². The number of nitrogens with two attached hydrogens (primary N) is 1. The zero-order valence-corrected chi connectivity index (χ0v) is 11.2. The van der Waals surface area contributed by atoms with Crippen molar-refractivity contribution in [3.05, 3.63) is 44.4 Å². The number of nitrogens with one attached hydrogen (secondary N) is 1. The summed E-state index contributed by atoms with van der Waals surface area (Å²) in [7, 11) is 0. The summed E-state index contributed by atoms with van der Waals surface area (Å²) in [5.74, 6) is 0.153. The van der Waals surface area contributed by atoms with Crippen molar-refractivity contribution in [2.75, 3.05) is 5.73 Å². The second-order valence-corrected chi connectivity index (χ2v) is 4.61. The lowest BCUT2D eigenvalue weighted by Gasteiger charge is -2.07. The Morgan fingerprint density at radius 1 is 1.50 bits per heavy atom. The normalized spacial score (nSPS) is 10.6. The first-order valence-corrected chi connectivity index (χ1v) is 6.16. The molecule has 0 bridgehead atoms. The minimum atomic E-state index is -0.369. The molecule has 0 aliphatic rings. The third kappa shape index (κ3) is 2.28. The number of hydrogen-bond donors (Lipinski definition) is 2. The van der Waals surface area contributed by atoms with Crippen LogP contribution < -0.4 is 11.3 Å². The average molecular weight is 312 g/mol. The van der Waals surface area contributed by atoms with E-state index in [1.54, 1.807) is 0 Å². The minimum Gasteiger partial charge on any atom is -0.383 e. The van der Waals surface area contributed by atoms with Gasteiger partial charge in [0.25, 0.3) is 5.56 Å². The van der Waals surface area contributed by atoms with Crippen LogP contribution in [0.3, 0.4) is 0 Å². The molecule has 18 heavy (non-hydrogen) atoms. The summed E-state index contributed by atoms with van der Waals surface area (Å²) in [4.78, 5) is 18.6. The topological polar surface area (TPSA) is 71.8 Å². The molecule has 0 radical (unpaired) electrons. The van der Waals surface area contributed by atoms with Gasteiger partial charge < -0.3 is 10.7 Å². The third-order valence-corrected chi connectivity index (χ3v) is 3.24. The van der Waals surface area contributed by atoms with Gasteiger partial charge in [0.1, 0.15) is 17.5 Å². The van der Waals surface area contributed by atoms with E-state index in [1.807, 2.05) is 6.92 Å². The molecule has 3 N–H and O–H groups in total. The van der Waals surface area contributed by atoms with E-state index in [4.69, 9.17) is 5.73 Å². The molecular formula is C12H11BrFN3O. The predicted octanol–water partition coefficient (Wildman–Crippen LogP) is 2.48. The van der Waals surface area contributed by atoms with Crippen LogP contribution in [0.25, 0.3) is 11.4 Å². The Bertz CT molecular complexity index is 654. The summed E-state index contributed by atoms with van der Waals surface area (Å²) in [6, 6.07) is 4.13. The van der Waals surface area contributed by atoms with Crippen molar-refractivity contribution in [2.24, 2.45) is 0 Å². The molecule has 1 aromatic carbocycles. The van der Waals surface area contributed by atoms with Crippen molar-refractivity contribution in [1.82, 2.24) is 9.97 Å². The molecular weight excluding hydrogens is 301 g/mol. The standard InChI is InChI=1S/C12H11BrFN3O/c1-2-7-10(15)16-11(17-12(7)18)8-4-3-6(14)5-9(8)13/h3-5H,2H2,1H3,(H3,15,16,17,18). The molecule has 6 heteroatoms. The number of aromatic nitrogens is 2. The van der Waals surface area contributed by atoms with Crippen LogP contribution in [0.2, 0.25) is 0 Å². The fraction of sp³-hybridized carbons (Fsp3) is 0.167. The molecule has 0 aliphatic heterocycles. The average Bonchev–Trinajstić information content (AvgIpc) is 2.28. The molecule has 2 rings (SSSR count). The highest BCUT2D eigenvalue weighted by Crippen LogP contribution is 2.26. The maximum atomic E-state index is 13.0. The van der Waals surface area contributed by atoms with Gasteiger partial charge in [-0.05, 0) is 40.5 Å². The second-order valence-electron chi connectivity index (χ2n) is 3.76. The van der Waals surface area contributed by atoms with E-state index >= 15 is 0 Å². The van der Waals surface area contributed by atoms with E-state index in [0.29, 0.717) is 27.8 Å². The molecule has 0 unspecified atom stereocenters. The van der Waals surface area contributed by atoms with Crippen LogP contribution >= 0.6 is 15.9 Å². The zero-order valence-electron chi connectivity index (χ0n) is 9.63. The molecule has 1 aromatic heterocycles. The van der Waals surface area contributed by atoms with Gasteiger partial charge in [-0.15, -0.1) is 0 Å². The Hall–Kier alpha value is -1.69. The maximum Gasteiger partial charge on any atom is 0.256 e. The molecule has 0 amide bonds. The highest BCUT2D eigenvalue weighted by Gasteiger charge is 2.11. The van der Waals surface area contributed by atoms with Crippen LogP contribution in [0.5, 0.6) is 0 Å². The summed E-state index contributed by atoms with van der Waals surface area (Å²) in [6.07, 6.45) is 0.513. The monoisotopic (exact) mass is 311 g/mol. The fourth-order valence-corrected chi connectivity index (χ4v) is 2.20. The number of nitrogens with zero attached hydrogens (tertiary/aromatic N) is 1. The smallest absolute Gasteiger partial charge is 0.256 e. The number of anilines is 1. The lowest BCUT2D eigenvalue weighted by Crippen LogP contribution is -2.17. The number of benzene rings is 1. The first-order valence-electron chi connectivity index (χ1n) is 5.37. The van der Waals surface area contributed by atoms with E-state index in [2.05, 4.69) is 25.9 Å². The van der Waals surface area contributed by atoms with Gasteiger partial charge in [0.15, 0.2) is 0 Å². The Morgan fingerprint density at radius 3 is 2.78 bits per heavy atom. The molecule has 4 nitrogen and oxygen atoms in total. The lowest BCUT2D eigenvalue weighted by atomic mass is 10.2. The van der Waals surface area contributed by atoms with E-state index in [1.165, 1.54) is 18.2 Å². The van der Waals surface area contributed by atoms with Crippen LogP contribution in [0.1, 0.15) is 12.5 Å². The van der Waals surface area contributed by atoms with Crippen molar-refractivity contribution >= 4 is 21.7 Å². The molecule has 0 fully saturated rings. The van der Waals surface area contributed by atoms with E-state index < -0.39 is 0 Å². The van der Waals surface area contributed by atoms with Crippen molar-refractivity contribution in [1.29, 1.82) is 0 Å². The molecule has 0 aliphatic carbocycles. The highest BCUT2D eigenvalue weighted by atomic mass is 79.9. The number of aromatic amines is 1. The molecule has 0 spiro atoms. The molecule has 0 atom stereocenters. The number of halogens is 2. The van der Waals surface area contributed by atoms with Gasteiger partial charge in [0.2, 0.25) is 0 Å². The van der Waals surface area contributed by atoms with Crippen molar-refractivity contribution in [3.63, 3.8) is 0 Å². The second kappa shape index (κ2) is 4.89. The van der Waals surface area contributed by atoms with Gasteiger partial charge in [-0.2, -0.15) is 0 Å². The van der Waals surface area contributed by atoms with E-state index in [0.717, 1.165) is 0 Å². The zero-order chi connectivity index (χ0) is 13.3. The number of hydrogen-bond acceptors (Lipinski definition) is 3. The van der Waals surface area contributed by atoms with Gasteiger partial charge in [-0.1, -0.05) is 6.92 Å². The predicted molar refractivity (Wildman–Crippen MR) is 71.7 cm³/mol. The van der Waals surface area contributed by atoms with E-state index in [9.17, 15) is 9.18 Å². The van der Waals surface area contributed by atoms with Gasteiger partial charge in [-0.25, -0.2) is 9.37 Å². The molecule has 0 saturated carbocycles. The van der Waals surface area contributed by atoms with Crippen molar-refractivity contribution < 1.29 is 4.39 Å². The van der Waals surface area contributed by atoms with Crippen LogP contribution in [-0.4, -0.2) is 9.97 Å². The number of H-pyrrole nitrogens is 1. The Balaban J connectivity index is 2.62. The summed E-state index contributed by atoms with van der Waals surface area (Å²) >= 11 is 3.23. The van der Waals surface area contributed by atoms with Crippen LogP contribution in [0, 0.1) is 5.82 Å². The third-order valence-electron chi connectivity index (χ3n) is 2.59. The maximum absolute atomic E-state index is 13.0. The van der Waals surface area contributed by atoms with E-state index in [-0.39, 0.29) is 17.2 Å². The van der Waals surface area contributed by atoms with Crippen molar-refractivity contribution in [3.8, 4) is 11.4 Å². The summed E-state index contributed by atoms with van der Waals surface area (Å²) in [6.45, 7) is 1.83. The number of rotatable bonds is 2. The quantitative estimate of drug-likeness (QED) is 0.895. The Kier molecular flexibility index (Phi) is 3.47. The first kappa shape index (κ1) is 12.8. The molecule has 0 saturated heterocycles. The Morgan fingerprint density at radius 2 is 2.22 bits per heavy atom. The summed E-state index contributed by atoms with van der Waals surface area (Å²) < 4.78 is 13.5. The van der Waals surface area contributed by atoms with Crippen LogP contribution in [0.15, 0.2) is 27.5 Å². The lowest BCUT2D eigenvalue weighted by molar-refractivity contribution is 0.627.